The first kappa shape index (κ1) is 24.5. The number of ether oxygens (including phenoxy) is 1. The van der Waals surface area contributed by atoms with E-state index in [1.165, 1.54) is 6.07 Å². The zero-order valence-electron chi connectivity index (χ0n) is 19.3. The lowest BCUT2D eigenvalue weighted by atomic mass is 9.86. The zero-order chi connectivity index (χ0) is 25.3. The van der Waals surface area contributed by atoms with E-state index >= 15 is 0 Å². The number of anilines is 2. The van der Waals surface area contributed by atoms with Gasteiger partial charge in [-0.05, 0) is 53.9 Å². The number of rotatable bonds is 5. The number of amides is 2. The van der Waals surface area contributed by atoms with Crippen molar-refractivity contribution in [3.8, 4) is 5.75 Å². The smallest absolute Gasteiger partial charge is 0.343 e. The molecule has 0 bridgehead atoms. The number of para-hydroxylation sites is 1. The van der Waals surface area contributed by atoms with Crippen molar-refractivity contribution in [2.75, 3.05) is 10.2 Å². The van der Waals surface area contributed by atoms with Gasteiger partial charge in [0.2, 0.25) is 0 Å². The summed E-state index contributed by atoms with van der Waals surface area (Å²) in [6.07, 6.45) is 0. The molecule has 3 aromatic rings. The molecule has 35 heavy (non-hydrogen) atoms. The van der Waals surface area contributed by atoms with E-state index in [4.69, 9.17) is 27.9 Å². The number of nitrogens with one attached hydrogen (secondary N) is 1. The quantitative estimate of drug-likeness (QED) is 0.249. The Morgan fingerprint density at radius 1 is 0.886 bits per heavy atom. The van der Waals surface area contributed by atoms with Crippen molar-refractivity contribution >= 4 is 52.4 Å². The normalized spacial score (nSPS) is 13.9. The third kappa shape index (κ3) is 5.09. The molecule has 0 fully saturated rings. The van der Waals surface area contributed by atoms with E-state index in [2.05, 4.69) is 5.32 Å². The molecule has 3 aromatic carbocycles. The molecule has 1 heterocycles. The maximum Gasteiger partial charge on any atom is 0.343 e. The van der Waals surface area contributed by atoms with Crippen molar-refractivity contribution in [3.63, 3.8) is 0 Å². The molecule has 0 atom stereocenters. The second-order valence-electron chi connectivity index (χ2n) is 8.95. The van der Waals surface area contributed by atoms with Gasteiger partial charge in [-0.3, -0.25) is 9.59 Å². The molecule has 1 aliphatic rings. The van der Waals surface area contributed by atoms with E-state index < -0.39 is 17.8 Å². The van der Waals surface area contributed by atoms with Crippen molar-refractivity contribution in [2.24, 2.45) is 0 Å². The Labute approximate surface area is 213 Å². The fourth-order valence-electron chi connectivity index (χ4n) is 3.63. The van der Waals surface area contributed by atoms with E-state index in [1.54, 1.807) is 48.5 Å². The lowest BCUT2D eigenvalue weighted by Crippen LogP contribution is -2.32. The summed E-state index contributed by atoms with van der Waals surface area (Å²) in [5.41, 5.74) is 1.78. The topological polar surface area (TPSA) is 75.7 Å². The molecule has 178 valence electrons. The number of benzene rings is 3. The Morgan fingerprint density at radius 2 is 1.57 bits per heavy atom. The van der Waals surface area contributed by atoms with E-state index in [0.717, 1.165) is 10.5 Å². The fourth-order valence-corrected chi connectivity index (χ4v) is 4.03. The van der Waals surface area contributed by atoms with Gasteiger partial charge >= 0.3 is 5.97 Å². The molecule has 4 rings (SSSR count). The number of halogens is 2. The number of carbonyl (C=O) groups excluding carboxylic acids is 3. The van der Waals surface area contributed by atoms with Crippen LogP contribution in [0.2, 0.25) is 5.02 Å². The van der Waals surface area contributed by atoms with Crippen LogP contribution in [0.25, 0.3) is 0 Å². The summed E-state index contributed by atoms with van der Waals surface area (Å²) in [6.45, 7) is 6.13. The van der Waals surface area contributed by atoms with E-state index in [-0.39, 0.29) is 16.1 Å². The van der Waals surface area contributed by atoms with Gasteiger partial charge in [0.25, 0.3) is 11.8 Å². The summed E-state index contributed by atoms with van der Waals surface area (Å²) in [5.74, 6) is -1.27. The molecule has 1 aliphatic heterocycles. The predicted octanol–water partition coefficient (Wildman–Crippen LogP) is 6.29. The molecule has 0 aromatic heterocycles. The van der Waals surface area contributed by atoms with Gasteiger partial charge in [0.05, 0.1) is 11.3 Å². The largest absolute Gasteiger partial charge is 0.423 e. The maximum atomic E-state index is 12.9. The Kier molecular flexibility index (Phi) is 6.70. The van der Waals surface area contributed by atoms with E-state index in [1.807, 2.05) is 39.0 Å². The van der Waals surface area contributed by atoms with Crippen LogP contribution >= 0.6 is 23.2 Å². The molecule has 6 nitrogen and oxygen atoms in total. The Bertz CT molecular complexity index is 1360. The highest BCUT2D eigenvalue weighted by molar-refractivity contribution is 6.53. The Hall–Kier alpha value is -3.61. The van der Waals surface area contributed by atoms with Gasteiger partial charge in [-0.25, -0.2) is 9.69 Å². The molecular formula is C27H22Cl2N2O4. The van der Waals surface area contributed by atoms with Crippen molar-refractivity contribution in [3.05, 3.63) is 99.7 Å². The minimum atomic E-state index is -0.654. The van der Waals surface area contributed by atoms with Gasteiger partial charge in [-0.1, -0.05) is 68.2 Å². The van der Waals surface area contributed by atoms with Crippen molar-refractivity contribution < 1.29 is 19.1 Å². The van der Waals surface area contributed by atoms with Crippen LogP contribution in [0, 0.1) is 0 Å². The number of hydrogen-bond donors (Lipinski definition) is 1. The summed E-state index contributed by atoms with van der Waals surface area (Å²) in [7, 11) is 0. The first-order chi connectivity index (χ1) is 16.6. The highest BCUT2D eigenvalue weighted by Crippen LogP contribution is 2.33. The zero-order valence-corrected chi connectivity index (χ0v) is 20.8. The summed E-state index contributed by atoms with van der Waals surface area (Å²) >= 11 is 12.2. The number of esters is 1. The van der Waals surface area contributed by atoms with Crippen LogP contribution in [-0.2, 0) is 15.0 Å². The predicted molar refractivity (Wildman–Crippen MR) is 137 cm³/mol. The second kappa shape index (κ2) is 9.56. The molecule has 0 spiro atoms. The van der Waals surface area contributed by atoms with Crippen LogP contribution in [0.15, 0.2) is 83.5 Å². The van der Waals surface area contributed by atoms with Crippen molar-refractivity contribution in [1.29, 1.82) is 0 Å². The summed E-state index contributed by atoms with van der Waals surface area (Å²) < 4.78 is 5.65. The summed E-state index contributed by atoms with van der Waals surface area (Å²) in [6, 6.07) is 20.1. The third-order valence-corrected chi connectivity index (χ3v) is 5.97. The average Bonchev–Trinajstić information content (AvgIpc) is 3.02. The number of nitrogens with zero attached hydrogens (tertiary/aromatic N) is 1. The fraction of sp³-hybridized carbons (Fsp3) is 0.148. The molecule has 0 unspecified atom stereocenters. The first-order valence-electron chi connectivity index (χ1n) is 10.8. The number of carbonyl (C=O) groups is 3. The van der Waals surface area contributed by atoms with Crippen LogP contribution in [0.1, 0.15) is 36.7 Å². The summed E-state index contributed by atoms with van der Waals surface area (Å²) in [5, 5.41) is 3.02. The van der Waals surface area contributed by atoms with Gasteiger partial charge < -0.3 is 10.1 Å². The van der Waals surface area contributed by atoms with Crippen LogP contribution in [0.4, 0.5) is 11.4 Å². The SMILES string of the molecule is CC(C)(C)c1ccccc1OC(=O)c1ccc(NC2=C(Cl)C(=O)N(c3cccc(Cl)c3)C2=O)cc1. The van der Waals surface area contributed by atoms with Gasteiger partial charge in [0.15, 0.2) is 0 Å². The Balaban J connectivity index is 1.50. The molecular weight excluding hydrogens is 487 g/mol. The molecule has 0 saturated heterocycles. The minimum absolute atomic E-state index is 0.0638. The monoisotopic (exact) mass is 508 g/mol. The van der Waals surface area contributed by atoms with Crippen molar-refractivity contribution in [1.82, 2.24) is 0 Å². The van der Waals surface area contributed by atoms with Crippen molar-refractivity contribution in [2.45, 2.75) is 26.2 Å². The lowest BCUT2D eigenvalue weighted by molar-refractivity contribution is -0.120. The molecule has 2 amide bonds. The van der Waals surface area contributed by atoms with E-state index in [9.17, 15) is 14.4 Å². The molecule has 0 saturated carbocycles. The van der Waals surface area contributed by atoms with E-state index in [0.29, 0.717) is 27.7 Å². The third-order valence-electron chi connectivity index (χ3n) is 5.38. The highest BCUT2D eigenvalue weighted by Gasteiger charge is 2.39. The molecule has 1 N–H and O–H groups in total. The Morgan fingerprint density at radius 3 is 2.23 bits per heavy atom. The molecule has 0 radical (unpaired) electrons. The second-order valence-corrected chi connectivity index (χ2v) is 9.77. The van der Waals surface area contributed by atoms with Gasteiger partial charge in [-0.2, -0.15) is 0 Å². The number of imide groups is 1. The van der Waals surface area contributed by atoms with Gasteiger partial charge in [0.1, 0.15) is 16.5 Å². The van der Waals surface area contributed by atoms with Crippen LogP contribution < -0.4 is 15.0 Å². The lowest BCUT2D eigenvalue weighted by Gasteiger charge is -2.22. The van der Waals surface area contributed by atoms with Gasteiger partial charge in [0, 0.05) is 16.3 Å². The average molecular weight is 509 g/mol. The standard InChI is InChI=1S/C27H22Cl2N2O4/c1-27(2,3)20-9-4-5-10-21(20)35-26(34)16-11-13-18(14-12-16)30-23-22(29)24(32)31(25(23)33)19-8-6-7-17(28)15-19/h4-15,30H,1-3H3. The maximum absolute atomic E-state index is 12.9. The first-order valence-corrected chi connectivity index (χ1v) is 11.5. The molecule has 8 heteroatoms. The van der Waals surface area contributed by atoms with Crippen LogP contribution in [-0.4, -0.2) is 17.8 Å². The van der Waals surface area contributed by atoms with Gasteiger partial charge in [-0.15, -0.1) is 0 Å². The summed E-state index contributed by atoms with van der Waals surface area (Å²) in [4.78, 5) is 39.2. The minimum Gasteiger partial charge on any atom is -0.423 e. The van der Waals surface area contributed by atoms with Crippen LogP contribution in [0.5, 0.6) is 5.75 Å². The van der Waals surface area contributed by atoms with Crippen LogP contribution in [0.3, 0.4) is 0 Å². The number of hydrogen-bond acceptors (Lipinski definition) is 5. The molecule has 0 aliphatic carbocycles. The highest BCUT2D eigenvalue weighted by atomic mass is 35.5.